The maximum absolute atomic E-state index is 13.1. The predicted molar refractivity (Wildman–Crippen MR) is 53.9 cm³/mol. The van der Waals surface area contributed by atoms with Crippen LogP contribution in [0.25, 0.3) is 0 Å². The fourth-order valence-corrected chi connectivity index (χ4v) is 1.53. The van der Waals surface area contributed by atoms with Gasteiger partial charge in [0.1, 0.15) is 12.1 Å². The second-order valence-corrected chi connectivity index (χ2v) is 4.14. The van der Waals surface area contributed by atoms with Crippen molar-refractivity contribution >= 4 is 33.8 Å². The molecule has 1 atom stereocenters. The Labute approximate surface area is 89.0 Å². The lowest BCUT2D eigenvalue weighted by Gasteiger charge is -2.05. The van der Waals surface area contributed by atoms with Gasteiger partial charge in [0.25, 0.3) is 0 Å². The zero-order valence-electron chi connectivity index (χ0n) is 6.64. The highest BCUT2D eigenvalue weighted by Crippen LogP contribution is 2.21. The molecule has 0 N–H and O–H groups in total. The summed E-state index contributed by atoms with van der Waals surface area (Å²) < 4.78 is 13.1. The van der Waals surface area contributed by atoms with Crippen molar-refractivity contribution in [1.29, 1.82) is 0 Å². The van der Waals surface area contributed by atoms with E-state index in [4.69, 9.17) is 11.6 Å². The van der Waals surface area contributed by atoms with Gasteiger partial charge in [-0.2, -0.15) is 0 Å². The number of benzene rings is 1. The average molecular weight is 266 g/mol. The van der Waals surface area contributed by atoms with Crippen LogP contribution in [-0.4, -0.2) is 11.1 Å². The van der Waals surface area contributed by atoms with Gasteiger partial charge in [0, 0.05) is 10.6 Å². The molecule has 1 nitrogen and oxygen atoms in total. The highest BCUT2D eigenvalue weighted by molar-refractivity contribution is 9.09. The summed E-state index contributed by atoms with van der Waals surface area (Å²) in [6, 6.07) is 4.46. The molecule has 0 amide bonds. The summed E-state index contributed by atoms with van der Waals surface area (Å²) in [6.45, 7) is 0. The summed E-state index contributed by atoms with van der Waals surface area (Å²) in [5.41, 5.74) is 0.373. The first-order valence-electron chi connectivity index (χ1n) is 3.67. The van der Waals surface area contributed by atoms with Crippen LogP contribution in [0.2, 0.25) is 5.02 Å². The van der Waals surface area contributed by atoms with Crippen LogP contribution in [-0.2, 0) is 11.2 Å². The molecular weight excluding hydrogens is 258 g/mol. The summed E-state index contributed by atoms with van der Waals surface area (Å²) in [7, 11) is 0. The third kappa shape index (κ3) is 2.78. The molecule has 0 aliphatic heterocycles. The molecule has 0 aliphatic carbocycles. The van der Waals surface area contributed by atoms with Crippen LogP contribution in [0.5, 0.6) is 0 Å². The molecule has 0 spiro atoms. The Morgan fingerprint density at radius 2 is 2.31 bits per heavy atom. The molecule has 0 heterocycles. The first-order valence-corrected chi connectivity index (χ1v) is 4.96. The van der Waals surface area contributed by atoms with Gasteiger partial charge < -0.3 is 4.79 Å². The molecule has 70 valence electrons. The van der Waals surface area contributed by atoms with E-state index >= 15 is 0 Å². The minimum absolute atomic E-state index is 0.273. The molecule has 0 bridgehead atoms. The fourth-order valence-electron chi connectivity index (χ4n) is 0.970. The Morgan fingerprint density at radius 3 is 2.85 bits per heavy atom. The summed E-state index contributed by atoms with van der Waals surface area (Å²) in [4.78, 5) is 9.93. The minimum Gasteiger partial charge on any atom is -0.302 e. The van der Waals surface area contributed by atoms with Crippen molar-refractivity contribution in [2.75, 3.05) is 0 Å². The van der Waals surface area contributed by atoms with Gasteiger partial charge >= 0.3 is 0 Å². The molecule has 0 fully saturated rings. The predicted octanol–water partition coefficient (Wildman–Crippen LogP) is 2.98. The maximum Gasteiger partial charge on any atom is 0.133 e. The summed E-state index contributed by atoms with van der Waals surface area (Å²) in [6.07, 6.45) is 0.984. The quantitative estimate of drug-likeness (QED) is 0.606. The van der Waals surface area contributed by atoms with E-state index < -0.39 is 0 Å². The number of halogens is 3. The Kier molecular flexibility index (Phi) is 3.88. The Hall–Kier alpha value is -0.410. The highest BCUT2D eigenvalue weighted by Gasteiger charge is 2.11. The molecule has 0 aromatic heterocycles. The Bertz CT molecular complexity index is 296. The first kappa shape index (κ1) is 10.7. The Morgan fingerprint density at radius 1 is 1.62 bits per heavy atom. The fraction of sp³-hybridized carbons (Fsp3) is 0.222. The third-order valence-electron chi connectivity index (χ3n) is 1.61. The van der Waals surface area contributed by atoms with Crippen molar-refractivity contribution < 1.29 is 9.18 Å². The SMILES string of the molecule is O=CC(Br)Cc1c(F)cccc1Cl. The lowest BCUT2D eigenvalue weighted by Crippen LogP contribution is -2.05. The minimum atomic E-state index is -0.387. The van der Waals surface area contributed by atoms with Gasteiger partial charge in [-0.05, 0) is 18.6 Å². The molecule has 0 aliphatic rings. The normalized spacial score (nSPS) is 12.5. The third-order valence-corrected chi connectivity index (χ3v) is 2.50. The Balaban J connectivity index is 2.93. The number of rotatable bonds is 3. The molecule has 1 rings (SSSR count). The highest BCUT2D eigenvalue weighted by atomic mass is 79.9. The first-order chi connectivity index (χ1) is 6.15. The summed E-state index contributed by atoms with van der Waals surface area (Å²) >= 11 is 8.84. The van der Waals surface area contributed by atoms with E-state index in [-0.39, 0.29) is 17.1 Å². The van der Waals surface area contributed by atoms with Gasteiger partial charge in [-0.3, -0.25) is 0 Å². The number of hydrogen-bond donors (Lipinski definition) is 0. The number of carbonyl (C=O) groups excluding carboxylic acids is 1. The van der Waals surface area contributed by atoms with E-state index in [9.17, 15) is 9.18 Å². The zero-order chi connectivity index (χ0) is 9.84. The van der Waals surface area contributed by atoms with Crippen LogP contribution in [0.4, 0.5) is 4.39 Å². The summed E-state index contributed by atoms with van der Waals surface area (Å²) in [5, 5.41) is 0.353. The van der Waals surface area contributed by atoms with Crippen molar-refractivity contribution in [2.45, 2.75) is 11.2 Å². The van der Waals surface area contributed by atoms with Crippen LogP contribution in [0.1, 0.15) is 5.56 Å². The zero-order valence-corrected chi connectivity index (χ0v) is 8.98. The van der Waals surface area contributed by atoms with E-state index in [0.717, 1.165) is 0 Å². The van der Waals surface area contributed by atoms with Gasteiger partial charge in [-0.1, -0.05) is 33.6 Å². The molecule has 13 heavy (non-hydrogen) atoms. The van der Waals surface area contributed by atoms with E-state index in [2.05, 4.69) is 15.9 Å². The molecule has 0 radical (unpaired) electrons. The molecule has 0 saturated heterocycles. The standard InChI is InChI=1S/C9H7BrClFO/c10-6(5-13)4-7-8(11)2-1-3-9(7)12/h1-3,5-6H,4H2. The van der Waals surface area contributed by atoms with Crippen molar-refractivity contribution in [1.82, 2.24) is 0 Å². The van der Waals surface area contributed by atoms with Gasteiger partial charge in [0.05, 0.1) is 4.83 Å². The molecule has 1 unspecified atom stereocenters. The van der Waals surface area contributed by atoms with Gasteiger partial charge in [-0.25, -0.2) is 4.39 Å². The number of alkyl halides is 1. The molecule has 4 heteroatoms. The molecule has 0 saturated carbocycles. The van der Waals surface area contributed by atoms with Crippen LogP contribution < -0.4 is 0 Å². The van der Waals surface area contributed by atoms with E-state index in [1.165, 1.54) is 12.1 Å². The maximum atomic E-state index is 13.1. The number of aldehydes is 1. The van der Waals surface area contributed by atoms with Gasteiger partial charge in [0.15, 0.2) is 0 Å². The van der Waals surface area contributed by atoms with Crippen LogP contribution in [0.3, 0.4) is 0 Å². The van der Waals surface area contributed by atoms with Crippen molar-refractivity contribution in [3.63, 3.8) is 0 Å². The summed E-state index contributed by atoms with van der Waals surface area (Å²) in [5.74, 6) is -0.376. The second-order valence-electron chi connectivity index (χ2n) is 2.56. The topological polar surface area (TPSA) is 17.1 Å². The van der Waals surface area contributed by atoms with Gasteiger partial charge in [0.2, 0.25) is 0 Å². The van der Waals surface area contributed by atoms with Gasteiger partial charge in [-0.15, -0.1) is 0 Å². The lowest BCUT2D eigenvalue weighted by molar-refractivity contribution is -0.107. The number of carbonyl (C=O) groups is 1. The van der Waals surface area contributed by atoms with E-state index in [1.807, 2.05) is 0 Å². The largest absolute Gasteiger partial charge is 0.302 e. The van der Waals surface area contributed by atoms with Crippen LogP contribution in [0, 0.1) is 5.82 Å². The van der Waals surface area contributed by atoms with Crippen molar-refractivity contribution in [3.8, 4) is 0 Å². The van der Waals surface area contributed by atoms with Crippen LogP contribution >= 0.6 is 27.5 Å². The lowest BCUT2D eigenvalue weighted by atomic mass is 10.1. The second kappa shape index (κ2) is 4.72. The van der Waals surface area contributed by atoms with E-state index in [1.54, 1.807) is 6.07 Å². The van der Waals surface area contributed by atoms with Crippen molar-refractivity contribution in [3.05, 3.63) is 34.6 Å². The smallest absolute Gasteiger partial charge is 0.133 e. The number of hydrogen-bond acceptors (Lipinski definition) is 1. The average Bonchev–Trinajstić information content (AvgIpc) is 2.11. The molecule has 1 aromatic carbocycles. The van der Waals surface area contributed by atoms with Crippen molar-refractivity contribution in [2.24, 2.45) is 0 Å². The monoisotopic (exact) mass is 264 g/mol. The van der Waals surface area contributed by atoms with Crippen LogP contribution in [0.15, 0.2) is 18.2 Å². The van der Waals surface area contributed by atoms with E-state index in [0.29, 0.717) is 16.9 Å². The molecule has 1 aromatic rings. The molecular formula is C9H7BrClFO.